The summed E-state index contributed by atoms with van der Waals surface area (Å²) < 4.78 is 95.6. The topological polar surface area (TPSA) is 131 Å². The lowest BCUT2D eigenvalue weighted by Crippen LogP contribution is -2.65. The molecule has 0 radical (unpaired) electrons. The van der Waals surface area contributed by atoms with Gasteiger partial charge in [-0.05, 0) is 96.6 Å². The summed E-state index contributed by atoms with van der Waals surface area (Å²) in [5.74, 6) is -11.7. The standard InChI is InChI=1S/C38H49BF4N2O9/c1-35(2,3)51-33(47)20-14-12-13-18(30(20)49-10)15-23(39-53-22-17-19-16-21(37(19,7)8)38(22,9)54-39)44-32(46)29(45-34(48)52-36(4,5)6)24-25(40)27(42)31(50-11)28(43)26(24)41/h12-14,19,21-23,29H,15-17H2,1-11H3,(H,44,46)(H,45,48)/t19-,21-,22+,23-,29?,38-/m0/s1. The summed E-state index contributed by atoms with van der Waals surface area (Å²) in [6, 6.07) is 2.36. The molecule has 3 saturated carbocycles. The largest absolute Gasteiger partial charge is 0.496 e. The molecule has 1 saturated heterocycles. The first kappa shape index (κ1) is 41.1. The number of hydrogen-bond acceptors (Lipinski definition) is 9. The van der Waals surface area contributed by atoms with Crippen molar-refractivity contribution in [2.75, 3.05) is 14.2 Å². The summed E-state index contributed by atoms with van der Waals surface area (Å²) in [4.78, 5) is 40.6. The van der Waals surface area contributed by atoms with Crippen LogP contribution in [0.4, 0.5) is 22.4 Å². The first-order valence-electron chi connectivity index (χ1n) is 17.9. The van der Waals surface area contributed by atoms with E-state index in [-0.39, 0.29) is 35.2 Å². The van der Waals surface area contributed by atoms with Crippen LogP contribution in [0.5, 0.6) is 11.5 Å². The third kappa shape index (κ3) is 7.73. The molecule has 1 heterocycles. The first-order chi connectivity index (χ1) is 24.9. The maximum Gasteiger partial charge on any atom is 0.482 e. The molecule has 2 bridgehead atoms. The molecule has 1 aliphatic heterocycles. The summed E-state index contributed by atoms with van der Waals surface area (Å²) in [5.41, 5.74) is -3.75. The van der Waals surface area contributed by atoms with E-state index in [2.05, 4.69) is 29.2 Å². The molecule has 6 atom stereocenters. The second-order valence-electron chi connectivity index (χ2n) is 16.9. The normalized spacial score (nSPS) is 24.1. The molecule has 0 spiro atoms. The van der Waals surface area contributed by atoms with Crippen LogP contribution >= 0.6 is 0 Å². The Morgan fingerprint density at radius 1 is 0.870 bits per heavy atom. The van der Waals surface area contributed by atoms with Gasteiger partial charge in [0.2, 0.25) is 17.5 Å². The van der Waals surface area contributed by atoms with Crippen molar-refractivity contribution in [1.29, 1.82) is 0 Å². The SMILES string of the molecule is COc1c(C[C@H](NC(=O)C(NC(=O)OC(C)(C)C)c2c(F)c(F)c(OC)c(F)c2F)B2O[C@@H]3C[C@@H]4C[C@@H](C4(C)C)[C@]3(C)O2)cccc1C(=O)OC(C)(C)C. The average molecular weight is 765 g/mol. The number of carbonyl (C=O) groups is 3. The molecule has 296 valence electrons. The molecule has 4 fully saturated rings. The van der Waals surface area contributed by atoms with E-state index in [9.17, 15) is 14.4 Å². The number of carbonyl (C=O) groups excluding carboxylic acids is 3. The fourth-order valence-corrected chi connectivity index (χ4v) is 8.03. The predicted molar refractivity (Wildman–Crippen MR) is 189 cm³/mol. The molecule has 4 aliphatic rings. The smallest absolute Gasteiger partial charge is 0.482 e. The second kappa shape index (κ2) is 14.6. The average Bonchev–Trinajstić information content (AvgIpc) is 3.42. The summed E-state index contributed by atoms with van der Waals surface area (Å²) in [6.07, 6.45) is -0.239. The van der Waals surface area contributed by atoms with Crippen LogP contribution < -0.4 is 20.1 Å². The number of amides is 2. The molecule has 6 rings (SSSR count). The minimum Gasteiger partial charge on any atom is -0.496 e. The Bertz CT molecular complexity index is 1780. The van der Waals surface area contributed by atoms with Gasteiger partial charge in [-0.15, -0.1) is 0 Å². The molecule has 54 heavy (non-hydrogen) atoms. The molecule has 0 aromatic heterocycles. The third-order valence-electron chi connectivity index (χ3n) is 10.7. The van der Waals surface area contributed by atoms with Crippen molar-refractivity contribution in [3.05, 3.63) is 58.2 Å². The van der Waals surface area contributed by atoms with Crippen LogP contribution in [0.15, 0.2) is 18.2 Å². The van der Waals surface area contributed by atoms with E-state index in [0.717, 1.165) is 13.5 Å². The lowest BCUT2D eigenvalue weighted by molar-refractivity contribution is -0.199. The Balaban J connectivity index is 1.58. The van der Waals surface area contributed by atoms with Crippen molar-refractivity contribution in [1.82, 2.24) is 10.6 Å². The van der Waals surface area contributed by atoms with Gasteiger partial charge in [-0.1, -0.05) is 26.0 Å². The molecule has 11 nitrogen and oxygen atoms in total. The second-order valence-corrected chi connectivity index (χ2v) is 16.9. The number of methoxy groups -OCH3 is 2. The number of benzene rings is 2. The van der Waals surface area contributed by atoms with Crippen LogP contribution in [0.2, 0.25) is 0 Å². The number of alkyl carbamates (subject to hydrolysis) is 1. The highest BCUT2D eigenvalue weighted by atomic mass is 19.2. The molecule has 2 aromatic rings. The van der Waals surface area contributed by atoms with Gasteiger partial charge in [0.1, 0.15) is 28.6 Å². The van der Waals surface area contributed by atoms with E-state index in [4.69, 9.17) is 23.5 Å². The highest BCUT2D eigenvalue weighted by Crippen LogP contribution is 2.65. The molecular formula is C38H49BF4N2O9. The zero-order valence-corrected chi connectivity index (χ0v) is 32.5. The lowest BCUT2D eigenvalue weighted by atomic mass is 9.43. The summed E-state index contributed by atoms with van der Waals surface area (Å²) in [6.45, 7) is 15.9. The van der Waals surface area contributed by atoms with Crippen molar-refractivity contribution in [2.45, 2.75) is 116 Å². The zero-order valence-electron chi connectivity index (χ0n) is 32.5. The van der Waals surface area contributed by atoms with Crippen LogP contribution in [0.3, 0.4) is 0 Å². The van der Waals surface area contributed by atoms with Gasteiger partial charge in [0.15, 0.2) is 17.4 Å². The van der Waals surface area contributed by atoms with Gasteiger partial charge < -0.3 is 38.9 Å². The number of para-hydroxylation sites is 1. The van der Waals surface area contributed by atoms with E-state index in [1.807, 2.05) is 6.92 Å². The highest BCUT2D eigenvalue weighted by molar-refractivity contribution is 6.48. The van der Waals surface area contributed by atoms with Gasteiger partial charge in [0.05, 0.1) is 37.4 Å². The van der Waals surface area contributed by atoms with E-state index < -0.39 is 88.5 Å². The quantitative estimate of drug-likeness (QED) is 0.117. The zero-order chi connectivity index (χ0) is 40.3. The van der Waals surface area contributed by atoms with E-state index >= 15 is 17.6 Å². The number of rotatable bonds is 10. The predicted octanol–water partition coefficient (Wildman–Crippen LogP) is 6.78. The third-order valence-corrected chi connectivity index (χ3v) is 10.7. The summed E-state index contributed by atoms with van der Waals surface area (Å²) in [7, 11) is 0.993. The maximum atomic E-state index is 15.6. The molecule has 3 aliphatic carbocycles. The van der Waals surface area contributed by atoms with Crippen LogP contribution in [-0.4, -0.2) is 68.2 Å². The van der Waals surface area contributed by atoms with Crippen LogP contribution in [-0.2, 0) is 30.0 Å². The fraction of sp³-hybridized carbons (Fsp3) is 0.605. The van der Waals surface area contributed by atoms with Crippen molar-refractivity contribution in [3.63, 3.8) is 0 Å². The van der Waals surface area contributed by atoms with E-state index in [1.54, 1.807) is 32.9 Å². The lowest BCUT2D eigenvalue weighted by Gasteiger charge is -2.64. The van der Waals surface area contributed by atoms with Gasteiger partial charge >= 0.3 is 19.2 Å². The number of halogens is 4. The van der Waals surface area contributed by atoms with Crippen molar-refractivity contribution < 1.29 is 60.2 Å². The van der Waals surface area contributed by atoms with Gasteiger partial charge in [-0.3, -0.25) is 4.79 Å². The van der Waals surface area contributed by atoms with Crippen LogP contribution in [0, 0.1) is 40.5 Å². The molecule has 1 unspecified atom stereocenters. The molecular weight excluding hydrogens is 715 g/mol. The van der Waals surface area contributed by atoms with Gasteiger partial charge in [0.25, 0.3) is 0 Å². The fourth-order valence-electron chi connectivity index (χ4n) is 8.03. The van der Waals surface area contributed by atoms with Gasteiger partial charge in [0, 0.05) is 0 Å². The van der Waals surface area contributed by atoms with Crippen molar-refractivity contribution in [2.24, 2.45) is 17.3 Å². The maximum absolute atomic E-state index is 15.6. The highest BCUT2D eigenvalue weighted by Gasteiger charge is 2.68. The first-order valence-corrected chi connectivity index (χ1v) is 17.9. The monoisotopic (exact) mass is 764 g/mol. The Morgan fingerprint density at radius 2 is 1.46 bits per heavy atom. The van der Waals surface area contributed by atoms with E-state index in [0.29, 0.717) is 17.9 Å². The summed E-state index contributed by atoms with van der Waals surface area (Å²) >= 11 is 0. The number of esters is 1. The van der Waals surface area contributed by atoms with Gasteiger partial charge in [-0.25, -0.2) is 18.4 Å². The van der Waals surface area contributed by atoms with Crippen molar-refractivity contribution >= 4 is 25.1 Å². The van der Waals surface area contributed by atoms with E-state index in [1.165, 1.54) is 33.9 Å². The minimum atomic E-state index is -2.38. The van der Waals surface area contributed by atoms with Crippen molar-refractivity contribution in [3.8, 4) is 11.5 Å². The summed E-state index contributed by atoms with van der Waals surface area (Å²) in [5, 5.41) is 4.75. The molecule has 16 heteroatoms. The number of hydrogen-bond donors (Lipinski definition) is 2. The number of ether oxygens (including phenoxy) is 4. The van der Waals surface area contributed by atoms with Crippen LogP contribution in [0.25, 0.3) is 0 Å². The Labute approximate surface area is 313 Å². The molecule has 2 N–H and O–H groups in total. The Hall–Kier alpha value is -4.05. The van der Waals surface area contributed by atoms with Crippen LogP contribution in [0.1, 0.15) is 103 Å². The Morgan fingerprint density at radius 3 is 2.00 bits per heavy atom. The number of nitrogens with one attached hydrogen (secondary N) is 2. The Kier molecular flexibility index (Phi) is 11.1. The minimum absolute atomic E-state index is 0.0484. The molecule has 2 aromatic carbocycles. The van der Waals surface area contributed by atoms with Gasteiger partial charge in [-0.2, -0.15) is 8.78 Å². The molecule has 2 amide bonds.